The SMILES string of the molecule is CC(OC(=O)Cc1ccc(F)cc1)C(=O)N1CCN(c2ncccn2)CC1. The fourth-order valence-corrected chi connectivity index (χ4v) is 2.90. The van der Waals surface area contributed by atoms with Crippen LogP contribution >= 0.6 is 0 Å². The summed E-state index contributed by atoms with van der Waals surface area (Å²) < 4.78 is 18.2. The lowest BCUT2D eigenvalue weighted by Gasteiger charge is -2.35. The molecular weight excluding hydrogens is 351 g/mol. The maximum absolute atomic E-state index is 12.9. The minimum atomic E-state index is -0.863. The lowest BCUT2D eigenvalue weighted by Crippen LogP contribution is -2.52. The van der Waals surface area contributed by atoms with E-state index in [0.717, 1.165) is 0 Å². The minimum absolute atomic E-state index is 0.00295. The van der Waals surface area contributed by atoms with E-state index in [2.05, 4.69) is 9.97 Å². The van der Waals surface area contributed by atoms with Crippen molar-refractivity contribution in [3.05, 3.63) is 54.1 Å². The fourth-order valence-electron chi connectivity index (χ4n) is 2.90. The van der Waals surface area contributed by atoms with Crippen LogP contribution in [0.25, 0.3) is 0 Å². The number of esters is 1. The lowest BCUT2D eigenvalue weighted by molar-refractivity contribution is -0.158. The van der Waals surface area contributed by atoms with Crippen LogP contribution in [0.3, 0.4) is 0 Å². The number of halogens is 1. The average Bonchev–Trinajstić information content (AvgIpc) is 2.70. The highest BCUT2D eigenvalue weighted by Gasteiger charge is 2.27. The van der Waals surface area contributed by atoms with E-state index in [1.54, 1.807) is 30.3 Å². The molecule has 2 heterocycles. The molecule has 3 rings (SSSR count). The highest BCUT2D eigenvalue weighted by atomic mass is 19.1. The molecule has 0 N–H and O–H groups in total. The number of aromatic nitrogens is 2. The number of rotatable bonds is 5. The Labute approximate surface area is 156 Å². The molecule has 1 saturated heterocycles. The summed E-state index contributed by atoms with van der Waals surface area (Å²) in [7, 11) is 0. The number of carbonyl (C=O) groups is 2. The molecule has 1 unspecified atom stereocenters. The Kier molecular flexibility index (Phi) is 5.95. The molecule has 1 fully saturated rings. The Hall–Kier alpha value is -3.03. The Balaban J connectivity index is 1.47. The number of benzene rings is 1. The van der Waals surface area contributed by atoms with Gasteiger partial charge in [0.15, 0.2) is 6.10 Å². The molecule has 1 atom stereocenters. The van der Waals surface area contributed by atoms with Crippen molar-refractivity contribution in [2.45, 2.75) is 19.4 Å². The molecule has 27 heavy (non-hydrogen) atoms. The van der Waals surface area contributed by atoms with Crippen LogP contribution in [-0.4, -0.2) is 59.0 Å². The van der Waals surface area contributed by atoms with Crippen molar-refractivity contribution in [1.29, 1.82) is 0 Å². The second kappa shape index (κ2) is 8.57. The number of nitrogens with zero attached hydrogens (tertiary/aromatic N) is 4. The molecule has 8 heteroatoms. The lowest BCUT2D eigenvalue weighted by atomic mass is 10.1. The molecule has 0 aliphatic carbocycles. The average molecular weight is 372 g/mol. The van der Waals surface area contributed by atoms with Gasteiger partial charge in [0.1, 0.15) is 5.82 Å². The molecule has 2 aromatic rings. The van der Waals surface area contributed by atoms with Crippen molar-refractivity contribution in [3.63, 3.8) is 0 Å². The number of piperazine rings is 1. The van der Waals surface area contributed by atoms with Crippen molar-refractivity contribution in [1.82, 2.24) is 14.9 Å². The normalized spacial score (nSPS) is 15.3. The van der Waals surface area contributed by atoms with Crippen LogP contribution in [0.15, 0.2) is 42.7 Å². The summed E-state index contributed by atoms with van der Waals surface area (Å²) in [5.74, 6) is -0.464. The van der Waals surface area contributed by atoms with Crippen molar-refractivity contribution in [2.24, 2.45) is 0 Å². The number of amides is 1. The Bertz CT molecular complexity index is 777. The van der Waals surface area contributed by atoms with Gasteiger partial charge in [-0.1, -0.05) is 12.1 Å². The van der Waals surface area contributed by atoms with E-state index in [9.17, 15) is 14.0 Å². The first-order valence-electron chi connectivity index (χ1n) is 8.77. The maximum atomic E-state index is 12.9. The fraction of sp³-hybridized carbons (Fsp3) is 0.368. The third kappa shape index (κ3) is 4.99. The zero-order valence-corrected chi connectivity index (χ0v) is 15.0. The predicted molar refractivity (Wildman–Crippen MR) is 96.5 cm³/mol. The largest absolute Gasteiger partial charge is 0.452 e. The second-order valence-electron chi connectivity index (χ2n) is 6.30. The van der Waals surface area contributed by atoms with Crippen molar-refractivity contribution < 1.29 is 18.7 Å². The first-order chi connectivity index (χ1) is 13.0. The van der Waals surface area contributed by atoms with E-state index in [-0.39, 0.29) is 18.1 Å². The summed E-state index contributed by atoms with van der Waals surface area (Å²) in [6.45, 7) is 3.82. The predicted octanol–water partition coefficient (Wildman–Crippen LogP) is 1.44. The first kappa shape index (κ1) is 18.8. The van der Waals surface area contributed by atoms with Gasteiger partial charge in [0.25, 0.3) is 5.91 Å². The van der Waals surface area contributed by atoms with Crippen LogP contribution in [0, 0.1) is 5.82 Å². The zero-order chi connectivity index (χ0) is 19.2. The minimum Gasteiger partial charge on any atom is -0.452 e. The number of carbonyl (C=O) groups excluding carboxylic acids is 2. The summed E-state index contributed by atoms with van der Waals surface area (Å²) in [6, 6.07) is 7.37. The second-order valence-corrected chi connectivity index (χ2v) is 6.30. The van der Waals surface area contributed by atoms with Crippen molar-refractivity contribution in [3.8, 4) is 0 Å². The molecule has 7 nitrogen and oxygen atoms in total. The quantitative estimate of drug-likeness (QED) is 0.740. The molecule has 0 bridgehead atoms. The van der Waals surface area contributed by atoms with Gasteiger partial charge in [0.2, 0.25) is 5.95 Å². The molecule has 1 aliphatic heterocycles. The van der Waals surface area contributed by atoms with Crippen LogP contribution in [0.5, 0.6) is 0 Å². The monoisotopic (exact) mass is 372 g/mol. The van der Waals surface area contributed by atoms with Gasteiger partial charge in [0, 0.05) is 38.6 Å². The topological polar surface area (TPSA) is 75.6 Å². The highest BCUT2D eigenvalue weighted by molar-refractivity contribution is 5.84. The van der Waals surface area contributed by atoms with Gasteiger partial charge in [-0.25, -0.2) is 14.4 Å². The van der Waals surface area contributed by atoms with Gasteiger partial charge in [0.05, 0.1) is 6.42 Å². The number of hydrogen-bond acceptors (Lipinski definition) is 6. The van der Waals surface area contributed by atoms with Crippen molar-refractivity contribution in [2.75, 3.05) is 31.1 Å². The standard InChI is InChI=1S/C19H21FN4O3/c1-14(27-17(25)13-15-3-5-16(20)6-4-15)18(26)23-9-11-24(12-10-23)19-21-7-2-8-22-19/h2-8,14H,9-13H2,1H3. The number of anilines is 1. The summed E-state index contributed by atoms with van der Waals surface area (Å²) in [5.41, 5.74) is 0.637. The van der Waals surface area contributed by atoms with Gasteiger partial charge in [-0.05, 0) is 30.7 Å². The summed E-state index contributed by atoms with van der Waals surface area (Å²) in [5, 5.41) is 0. The Morgan fingerprint density at radius 2 is 1.74 bits per heavy atom. The molecule has 1 aliphatic rings. The molecular formula is C19H21FN4O3. The van der Waals surface area contributed by atoms with Gasteiger partial charge >= 0.3 is 5.97 Å². The van der Waals surface area contributed by atoms with Gasteiger partial charge in [-0.15, -0.1) is 0 Å². The van der Waals surface area contributed by atoms with E-state index in [0.29, 0.717) is 37.7 Å². The maximum Gasteiger partial charge on any atom is 0.311 e. The van der Waals surface area contributed by atoms with E-state index in [1.807, 2.05) is 4.90 Å². The number of hydrogen-bond donors (Lipinski definition) is 0. The molecule has 142 valence electrons. The van der Waals surface area contributed by atoms with Crippen LogP contribution in [0.1, 0.15) is 12.5 Å². The third-order valence-corrected chi connectivity index (χ3v) is 4.34. The molecule has 0 saturated carbocycles. The smallest absolute Gasteiger partial charge is 0.311 e. The highest BCUT2D eigenvalue weighted by Crippen LogP contribution is 2.12. The van der Waals surface area contributed by atoms with Crippen LogP contribution < -0.4 is 4.90 Å². The first-order valence-corrected chi connectivity index (χ1v) is 8.77. The van der Waals surface area contributed by atoms with Crippen LogP contribution in [0.4, 0.5) is 10.3 Å². The Morgan fingerprint density at radius 3 is 2.37 bits per heavy atom. The summed E-state index contributed by atoms with van der Waals surface area (Å²) in [4.78, 5) is 36.6. The van der Waals surface area contributed by atoms with Gasteiger partial charge in [-0.2, -0.15) is 0 Å². The summed E-state index contributed by atoms with van der Waals surface area (Å²) in [6.07, 6.45) is 2.50. The summed E-state index contributed by atoms with van der Waals surface area (Å²) >= 11 is 0. The van der Waals surface area contributed by atoms with Crippen molar-refractivity contribution >= 4 is 17.8 Å². The third-order valence-electron chi connectivity index (χ3n) is 4.34. The van der Waals surface area contributed by atoms with Crippen LogP contribution in [-0.2, 0) is 20.7 Å². The van der Waals surface area contributed by atoms with Crippen LogP contribution in [0.2, 0.25) is 0 Å². The van der Waals surface area contributed by atoms with E-state index in [4.69, 9.17) is 4.74 Å². The molecule has 0 spiro atoms. The Morgan fingerprint density at radius 1 is 1.11 bits per heavy atom. The molecule has 1 aromatic heterocycles. The molecule has 1 aromatic carbocycles. The number of ether oxygens (including phenoxy) is 1. The van der Waals surface area contributed by atoms with Gasteiger partial charge in [-0.3, -0.25) is 9.59 Å². The zero-order valence-electron chi connectivity index (χ0n) is 15.0. The van der Waals surface area contributed by atoms with E-state index >= 15 is 0 Å². The van der Waals surface area contributed by atoms with E-state index in [1.165, 1.54) is 24.3 Å². The molecule has 1 amide bonds. The van der Waals surface area contributed by atoms with Gasteiger partial charge < -0.3 is 14.5 Å². The van der Waals surface area contributed by atoms with E-state index < -0.39 is 12.1 Å². The molecule has 0 radical (unpaired) electrons.